The van der Waals surface area contributed by atoms with Gasteiger partial charge in [0.2, 0.25) is 5.91 Å². The molecule has 5 nitrogen and oxygen atoms in total. The highest BCUT2D eigenvalue weighted by Gasteiger charge is 2.17. The molecule has 1 atom stereocenters. The zero-order valence-corrected chi connectivity index (χ0v) is 15.7. The highest BCUT2D eigenvalue weighted by molar-refractivity contribution is 5.90. The second-order valence-corrected chi connectivity index (χ2v) is 7.18. The fourth-order valence-corrected chi connectivity index (χ4v) is 3.76. The fourth-order valence-electron chi connectivity index (χ4n) is 3.76. The number of fused-ring (bicyclic) bond motifs is 1. The number of H-pyrrole nitrogens is 1. The number of aromatic amines is 1. The van der Waals surface area contributed by atoms with Crippen molar-refractivity contribution in [2.45, 2.75) is 38.2 Å². The zero-order valence-electron chi connectivity index (χ0n) is 15.7. The number of carbonyl (C=O) groups excluding carboxylic acids is 1. The van der Waals surface area contributed by atoms with Crippen molar-refractivity contribution in [3.8, 4) is 11.4 Å². The van der Waals surface area contributed by atoms with E-state index in [1.807, 2.05) is 18.2 Å². The lowest BCUT2D eigenvalue weighted by molar-refractivity contribution is -0.121. The van der Waals surface area contributed by atoms with Gasteiger partial charge in [-0.05, 0) is 61.6 Å². The predicted octanol–water partition coefficient (Wildman–Crippen LogP) is 3.99. The number of carbonyl (C=O) groups is 1. The van der Waals surface area contributed by atoms with Crippen LogP contribution in [0.25, 0.3) is 22.3 Å². The third-order valence-electron chi connectivity index (χ3n) is 5.17. The molecule has 1 aliphatic rings. The SMILES string of the molecule is O=C(CCCc1c(-c2ccccn2)[nH]c2ccc(F)cc12)NCC1CCCO1. The first-order valence-electron chi connectivity index (χ1n) is 9.80. The number of aryl methyl sites for hydroxylation is 1. The third kappa shape index (κ3) is 4.22. The summed E-state index contributed by atoms with van der Waals surface area (Å²) in [6, 6.07) is 10.5. The maximum atomic E-state index is 13.8. The van der Waals surface area contributed by atoms with Crippen LogP contribution in [0, 0.1) is 5.82 Å². The smallest absolute Gasteiger partial charge is 0.220 e. The van der Waals surface area contributed by atoms with Crippen LogP contribution in [0.2, 0.25) is 0 Å². The molecule has 3 aromatic rings. The lowest BCUT2D eigenvalue weighted by Crippen LogP contribution is -2.31. The Labute approximate surface area is 163 Å². The summed E-state index contributed by atoms with van der Waals surface area (Å²) in [6.45, 7) is 1.37. The average Bonchev–Trinajstić information content (AvgIpc) is 3.35. The summed E-state index contributed by atoms with van der Waals surface area (Å²) in [4.78, 5) is 19.9. The minimum atomic E-state index is -0.269. The number of pyridine rings is 1. The van der Waals surface area contributed by atoms with Gasteiger partial charge in [-0.3, -0.25) is 9.78 Å². The zero-order chi connectivity index (χ0) is 19.3. The van der Waals surface area contributed by atoms with E-state index in [1.54, 1.807) is 18.3 Å². The van der Waals surface area contributed by atoms with Gasteiger partial charge >= 0.3 is 0 Å². The molecule has 1 amide bonds. The van der Waals surface area contributed by atoms with Crippen LogP contribution in [0.15, 0.2) is 42.6 Å². The molecule has 4 rings (SSSR count). The minimum absolute atomic E-state index is 0.0286. The Morgan fingerprint density at radius 2 is 2.25 bits per heavy atom. The number of halogens is 1. The molecule has 2 N–H and O–H groups in total. The monoisotopic (exact) mass is 381 g/mol. The summed E-state index contributed by atoms with van der Waals surface area (Å²) in [5.41, 5.74) is 3.58. The van der Waals surface area contributed by atoms with Gasteiger partial charge in [0.25, 0.3) is 0 Å². The maximum Gasteiger partial charge on any atom is 0.220 e. The Morgan fingerprint density at radius 3 is 3.04 bits per heavy atom. The highest BCUT2D eigenvalue weighted by atomic mass is 19.1. The van der Waals surface area contributed by atoms with E-state index in [1.165, 1.54) is 6.07 Å². The molecule has 0 radical (unpaired) electrons. The Kier molecular flexibility index (Phi) is 5.67. The van der Waals surface area contributed by atoms with Crippen molar-refractivity contribution >= 4 is 16.8 Å². The van der Waals surface area contributed by atoms with Gasteiger partial charge in [-0.1, -0.05) is 6.07 Å². The molecule has 0 aliphatic carbocycles. The predicted molar refractivity (Wildman–Crippen MR) is 106 cm³/mol. The quantitative estimate of drug-likeness (QED) is 0.650. The van der Waals surface area contributed by atoms with Gasteiger partial charge in [-0.2, -0.15) is 0 Å². The van der Waals surface area contributed by atoms with Crippen LogP contribution in [-0.4, -0.2) is 35.1 Å². The van der Waals surface area contributed by atoms with Crippen molar-refractivity contribution < 1.29 is 13.9 Å². The molecule has 6 heteroatoms. The number of rotatable bonds is 7. The molecule has 0 spiro atoms. The van der Waals surface area contributed by atoms with Gasteiger partial charge < -0.3 is 15.0 Å². The van der Waals surface area contributed by atoms with Crippen molar-refractivity contribution in [3.05, 3.63) is 54.0 Å². The molecule has 146 valence electrons. The summed E-state index contributed by atoms with van der Waals surface area (Å²) >= 11 is 0. The number of aromatic nitrogens is 2. The first kappa shape index (κ1) is 18.6. The van der Waals surface area contributed by atoms with Crippen molar-refractivity contribution in [2.24, 2.45) is 0 Å². The number of benzene rings is 1. The molecule has 1 aliphatic heterocycles. The largest absolute Gasteiger partial charge is 0.376 e. The van der Waals surface area contributed by atoms with E-state index in [2.05, 4.69) is 15.3 Å². The Hall–Kier alpha value is -2.73. The van der Waals surface area contributed by atoms with Crippen molar-refractivity contribution in [3.63, 3.8) is 0 Å². The van der Waals surface area contributed by atoms with E-state index >= 15 is 0 Å². The fraction of sp³-hybridized carbons (Fsp3) is 0.364. The highest BCUT2D eigenvalue weighted by Crippen LogP contribution is 2.31. The molecule has 1 aromatic carbocycles. The second-order valence-electron chi connectivity index (χ2n) is 7.18. The van der Waals surface area contributed by atoms with E-state index in [9.17, 15) is 9.18 Å². The molecule has 1 fully saturated rings. The van der Waals surface area contributed by atoms with Gasteiger partial charge in [0.1, 0.15) is 5.82 Å². The standard InChI is InChI=1S/C22H24FN3O2/c23-15-9-10-19-18(13-15)17(22(26-19)20-7-1-2-11-24-20)6-3-8-21(27)25-14-16-5-4-12-28-16/h1-2,7,9-11,13,16,26H,3-6,8,12,14H2,(H,25,27). The number of nitrogens with one attached hydrogen (secondary N) is 2. The first-order valence-corrected chi connectivity index (χ1v) is 9.80. The Bertz CT molecular complexity index is 949. The lowest BCUT2D eigenvalue weighted by Gasteiger charge is -2.11. The summed E-state index contributed by atoms with van der Waals surface area (Å²) in [7, 11) is 0. The molecule has 0 bridgehead atoms. The third-order valence-corrected chi connectivity index (χ3v) is 5.17. The van der Waals surface area contributed by atoms with Gasteiger partial charge in [-0.15, -0.1) is 0 Å². The van der Waals surface area contributed by atoms with Gasteiger partial charge in [-0.25, -0.2) is 4.39 Å². The Morgan fingerprint density at radius 1 is 1.32 bits per heavy atom. The normalized spacial score (nSPS) is 16.5. The summed E-state index contributed by atoms with van der Waals surface area (Å²) in [5, 5.41) is 3.80. The number of amides is 1. The summed E-state index contributed by atoms with van der Waals surface area (Å²) in [5.74, 6) is -0.240. The van der Waals surface area contributed by atoms with Crippen LogP contribution in [0.3, 0.4) is 0 Å². The molecule has 1 saturated heterocycles. The molecule has 1 unspecified atom stereocenters. The van der Waals surface area contributed by atoms with Crippen molar-refractivity contribution in [1.29, 1.82) is 0 Å². The number of hydrogen-bond acceptors (Lipinski definition) is 3. The van der Waals surface area contributed by atoms with Crippen LogP contribution in [0.4, 0.5) is 4.39 Å². The maximum absolute atomic E-state index is 13.8. The lowest BCUT2D eigenvalue weighted by atomic mass is 10.0. The number of nitrogens with zero attached hydrogens (tertiary/aromatic N) is 1. The van der Waals surface area contributed by atoms with Gasteiger partial charge in [0, 0.05) is 36.7 Å². The molecule has 3 heterocycles. The molecular weight excluding hydrogens is 357 g/mol. The average molecular weight is 381 g/mol. The Balaban J connectivity index is 1.46. The van der Waals surface area contributed by atoms with E-state index in [0.717, 1.165) is 47.3 Å². The van der Waals surface area contributed by atoms with E-state index in [0.29, 0.717) is 25.8 Å². The van der Waals surface area contributed by atoms with E-state index < -0.39 is 0 Å². The summed E-state index contributed by atoms with van der Waals surface area (Å²) in [6.07, 6.45) is 5.74. The first-order chi connectivity index (χ1) is 13.7. The molecule has 2 aromatic heterocycles. The van der Waals surface area contributed by atoms with E-state index in [4.69, 9.17) is 4.74 Å². The van der Waals surface area contributed by atoms with Crippen LogP contribution in [0.1, 0.15) is 31.2 Å². The second kappa shape index (κ2) is 8.52. The number of hydrogen-bond donors (Lipinski definition) is 2. The van der Waals surface area contributed by atoms with Crippen LogP contribution in [0.5, 0.6) is 0 Å². The van der Waals surface area contributed by atoms with Crippen LogP contribution < -0.4 is 5.32 Å². The van der Waals surface area contributed by atoms with Crippen LogP contribution >= 0.6 is 0 Å². The molecule has 28 heavy (non-hydrogen) atoms. The van der Waals surface area contributed by atoms with E-state index in [-0.39, 0.29) is 17.8 Å². The van der Waals surface area contributed by atoms with Crippen molar-refractivity contribution in [2.75, 3.05) is 13.2 Å². The van der Waals surface area contributed by atoms with Crippen molar-refractivity contribution in [1.82, 2.24) is 15.3 Å². The number of ether oxygens (including phenoxy) is 1. The molecule has 0 saturated carbocycles. The minimum Gasteiger partial charge on any atom is -0.376 e. The van der Waals surface area contributed by atoms with Gasteiger partial charge in [0.05, 0.1) is 17.5 Å². The molecular formula is C22H24FN3O2. The van der Waals surface area contributed by atoms with Gasteiger partial charge in [0.15, 0.2) is 0 Å². The summed E-state index contributed by atoms with van der Waals surface area (Å²) < 4.78 is 19.4. The topological polar surface area (TPSA) is 67.0 Å². The van der Waals surface area contributed by atoms with Crippen LogP contribution in [-0.2, 0) is 16.0 Å².